The first-order valence-electron chi connectivity index (χ1n) is 13.3. The van der Waals surface area contributed by atoms with E-state index >= 15 is 0 Å². The molecule has 39 heavy (non-hydrogen) atoms. The summed E-state index contributed by atoms with van der Waals surface area (Å²) in [5, 5.41) is 20.0. The molecule has 0 unspecified atom stereocenters. The molecule has 1 N–H and O–H groups in total. The van der Waals surface area contributed by atoms with Crippen LogP contribution in [0.15, 0.2) is 47.8 Å². The molecule has 1 aliphatic carbocycles. The average molecular weight is 520 g/mol. The van der Waals surface area contributed by atoms with Crippen molar-refractivity contribution < 1.29 is 0 Å². The first kappa shape index (κ1) is 23.5. The van der Waals surface area contributed by atoms with Crippen LogP contribution in [0.3, 0.4) is 0 Å². The van der Waals surface area contributed by atoms with Crippen LogP contribution in [0.4, 0.5) is 0 Å². The maximum Gasteiger partial charge on any atom is 0.329 e. The minimum atomic E-state index is -0.0270. The van der Waals surface area contributed by atoms with Crippen LogP contribution in [0.1, 0.15) is 38.1 Å². The van der Waals surface area contributed by atoms with Gasteiger partial charge >= 0.3 is 5.69 Å². The zero-order chi connectivity index (χ0) is 26.8. The van der Waals surface area contributed by atoms with Crippen molar-refractivity contribution in [1.82, 2.24) is 38.7 Å². The average Bonchev–Trinajstić information content (AvgIpc) is 3.69. The van der Waals surface area contributed by atoms with Crippen LogP contribution in [-0.4, -0.2) is 38.7 Å². The first-order valence-corrected chi connectivity index (χ1v) is 13.3. The summed E-state index contributed by atoms with van der Waals surface area (Å²) in [4.78, 5) is 22.1. The van der Waals surface area contributed by atoms with Crippen molar-refractivity contribution >= 4 is 33.0 Å². The van der Waals surface area contributed by atoms with E-state index in [9.17, 15) is 10.1 Å². The Morgan fingerprint density at radius 2 is 1.85 bits per heavy atom. The molecule has 5 aromatic heterocycles. The summed E-state index contributed by atoms with van der Waals surface area (Å²) in [6, 6.07) is 8.76. The van der Waals surface area contributed by atoms with Gasteiger partial charge in [-0.1, -0.05) is 6.07 Å². The lowest BCUT2D eigenvalue weighted by molar-refractivity contribution is 0.277. The maximum absolute atomic E-state index is 13.8. The van der Waals surface area contributed by atoms with Crippen LogP contribution in [0.2, 0.25) is 0 Å². The van der Waals surface area contributed by atoms with Crippen molar-refractivity contribution in [2.45, 2.75) is 38.1 Å². The van der Waals surface area contributed by atoms with E-state index in [0.29, 0.717) is 12.3 Å². The molecular weight excluding hydrogens is 490 g/mol. The van der Waals surface area contributed by atoms with E-state index in [1.165, 1.54) is 0 Å². The van der Waals surface area contributed by atoms with Crippen LogP contribution in [0.5, 0.6) is 0 Å². The number of nitriles is 1. The Balaban J connectivity index is 1.53. The van der Waals surface area contributed by atoms with Gasteiger partial charge in [-0.2, -0.15) is 15.5 Å². The molecule has 0 spiro atoms. The summed E-state index contributed by atoms with van der Waals surface area (Å²) in [5.41, 5.74) is 7.37. The summed E-state index contributed by atoms with van der Waals surface area (Å²) in [6.07, 6.45) is 11.8. The highest BCUT2D eigenvalue weighted by Gasteiger charge is 2.29. The van der Waals surface area contributed by atoms with Crippen molar-refractivity contribution in [1.29, 1.82) is 5.26 Å². The van der Waals surface area contributed by atoms with Gasteiger partial charge in [-0.3, -0.25) is 18.5 Å². The lowest BCUT2D eigenvalue weighted by Gasteiger charge is -2.28. The molecule has 10 nitrogen and oxygen atoms in total. The van der Waals surface area contributed by atoms with Gasteiger partial charge in [-0.05, 0) is 49.3 Å². The van der Waals surface area contributed by atoms with E-state index in [-0.39, 0.29) is 11.7 Å². The summed E-state index contributed by atoms with van der Waals surface area (Å²) in [5.74, 6) is 0.407. The third-order valence-corrected chi connectivity index (χ3v) is 8.46. The smallest absolute Gasteiger partial charge is 0.329 e. The minimum absolute atomic E-state index is 0.0270. The molecule has 10 heteroatoms. The molecule has 1 aliphatic rings. The molecule has 1 saturated carbocycles. The number of aryl methyl sites for hydroxylation is 3. The zero-order valence-corrected chi connectivity index (χ0v) is 22.2. The second kappa shape index (κ2) is 8.70. The van der Waals surface area contributed by atoms with E-state index < -0.39 is 0 Å². The minimum Gasteiger partial charge on any atom is -0.339 e. The van der Waals surface area contributed by atoms with Gasteiger partial charge in [0.25, 0.3) is 0 Å². The van der Waals surface area contributed by atoms with Gasteiger partial charge in [0.15, 0.2) is 0 Å². The van der Waals surface area contributed by atoms with Crippen molar-refractivity contribution in [3.8, 4) is 28.5 Å². The lowest BCUT2D eigenvalue weighted by Crippen LogP contribution is -2.28. The van der Waals surface area contributed by atoms with Gasteiger partial charge < -0.3 is 4.98 Å². The van der Waals surface area contributed by atoms with E-state index in [2.05, 4.69) is 39.4 Å². The molecule has 0 atom stereocenters. The molecule has 0 radical (unpaired) electrons. The fraction of sp³-hybridized carbons (Fsp3) is 0.345. The van der Waals surface area contributed by atoms with Crippen molar-refractivity contribution in [2.75, 3.05) is 0 Å². The zero-order valence-electron chi connectivity index (χ0n) is 22.2. The molecule has 0 saturated heterocycles. The highest BCUT2D eigenvalue weighted by Crippen LogP contribution is 2.43. The Bertz CT molecular complexity index is 1980. The van der Waals surface area contributed by atoms with Crippen LogP contribution >= 0.6 is 0 Å². The highest BCUT2D eigenvalue weighted by atomic mass is 16.1. The van der Waals surface area contributed by atoms with Crippen molar-refractivity contribution in [2.24, 2.45) is 27.1 Å². The SMILES string of the molecule is Cn1cc(-c2[nH]c3ncc4c(c3c2-c2ccc3c(cnn3C)c2)n([C@H]2CC[C@@H](CC#N)CC2)c(=O)n4C)cn1. The van der Waals surface area contributed by atoms with E-state index in [1.54, 1.807) is 15.4 Å². The standard InChI is InChI=1S/C29H29N9O/c1-35-16-20(14-32-35)26-24(18-6-9-22-19(12-18)13-33-37(22)3)25-27-23(15-31-28(25)34-26)36(2)29(39)38(27)21-7-4-17(5-8-21)10-11-30/h6,9,12-17,21H,4-5,7-8,10H2,1-3H3,(H,31,34)/t17-,21+. The third-order valence-electron chi connectivity index (χ3n) is 8.46. The molecule has 0 amide bonds. The Labute approximate surface area is 224 Å². The molecule has 196 valence electrons. The fourth-order valence-electron chi connectivity index (χ4n) is 6.43. The number of nitrogens with one attached hydrogen (secondary N) is 1. The van der Waals surface area contributed by atoms with Crippen LogP contribution in [-0.2, 0) is 21.1 Å². The number of imidazole rings is 1. The Kier molecular flexibility index (Phi) is 5.23. The number of fused-ring (bicyclic) bond motifs is 4. The number of rotatable bonds is 4. The van der Waals surface area contributed by atoms with E-state index in [4.69, 9.17) is 4.98 Å². The Morgan fingerprint density at radius 1 is 1.03 bits per heavy atom. The summed E-state index contributed by atoms with van der Waals surface area (Å²) in [6.45, 7) is 0. The fourth-order valence-corrected chi connectivity index (χ4v) is 6.43. The van der Waals surface area contributed by atoms with Gasteiger partial charge in [-0.15, -0.1) is 0 Å². The number of aromatic amines is 1. The number of benzene rings is 1. The van der Waals surface area contributed by atoms with Gasteiger partial charge in [0.1, 0.15) is 5.65 Å². The molecular formula is C29H29N9O. The predicted octanol–water partition coefficient (Wildman–Crippen LogP) is 4.82. The second-order valence-electron chi connectivity index (χ2n) is 10.8. The van der Waals surface area contributed by atoms with Gasteiger partial charge in [-0.25, -0.2) is 9.78 Å². The quantitative estimate of drug-likeness (QED) is 0.359. The number of H-pyrrole nitrogens is 1. The first-order chi connectivity index (χ1) is 18.9. The molecule has 5 heterocycles. The molecule has 0 aliphatic heterocycles. The summed E-state index contributed by atoms with van der Waals surface area (Å²) in [7, 11) is 5.67. The van der Waals surface area contributed by atoms with Crippen LogP contribution in [0, 0.1) is 17.2 Å². The molecule has 0 bridgehead atoms. The topological polar surface area (TPSA) is 115 Å². The van der Waals surface area contributed by atoms with Gasteiger partial charge in [0.05, 0.1) is 52.3 Å². The predicted molar refractivity (Wildman–Crippen MR) is 150 cm³/mol. The van der Waals surface area contributed by atoms with Crippen LogP contribution in [0.25, 0.3) is 55.4 Å². The van der Waals surface area contributed by atoms with Gasteiger partial charge in [0.2, 0.25) is 0 Å². The molecule has 1 aromatic carbocycles. The number of hydrogen-bond donors (Lipinski definition) is 1. The molecule has 7 rings (SSSR count). The number of pyridine rings is 1. The summed E-state index contributed by atoms with van der Waals surface area (Å²) >= 11 is 0. The monoisotopic (exact) mass is 519 g/mol. The largest absolute Gasteiger partial charge is 0.339 e. The Morgan fingerprint density at radius 3 is 2.59 bits per heavy atom. The maximum atomic E-state index is 13.8. The van der Waals surface area contributed by atoms with Gasteiger partial charge in [0, 0.05) is 56.3 Å². The number of nitrogens with zero attached hydrogens (tertiary/aromatic N) is 8. The van der Waals surface area contributed by atoms with Crippen LogP contribution < -0.4 is 5.69 Å². The number of aromatic nitrogens is 8. The normalized spacial score (nSPS) is 17.9. The molecule has 1 fully saturated rings. The lowest BCUT2D eigenvalue weighted by atomic mass is 9.84. The highest BCUT2D eigenvalue weighted by molar-refractivity contribution is 6.14. The van der Waals surface area contributed by atoms with E-state index in [1.807, 2.05) is 49.0 Å². The second-order valence-corrected chi connectivity index (χ2v) is 10.8. The molecule has 6 aromatic rings. The third kappa shape index (κ3) is 3.53. The van der Waals surface area contributed by atoms with Crippen molar-refractivity contribution in [3.05, 3.63) is 53.5 Å². The van der Waals surface area contributed by atoms with E-state index in [0.717, 1.165) is 81.0 Å². The Hall–Kier alpha value is -4.65. The number of hydrogen-bond acceptors (Lipinski definition) is 5. The summed E-state index contributed by atoms with van der Waals surface area (Å²) < 4.78 is 7.37. The van der Waals surface area contributed by atoms with Crippen molar-refractivity contribution in [3.63, 3.8) is 0 Å².